The summed E-state index contributed by atoms with van der Waals surface area (Å²) in [5, 5.41) is 3.36. The second kappa shape index (κ2) is 5.73. The highest BCUT2D eigenvalue weighted by Gasteiger charge is 2.46. The smallest absolute Gasteiger partial charge is 0.225 e. The molecule has 2 saturated heterocycles. The Morgan fingerprint density at radius 2 is 2.00 bits per heavy atom. The summed E-state index contributed by atoms with van der Waals surface area (Å²) >= 11 is 0. The summed E-state index contributed by atoms with van der Waals surface area (Å²) in [4.78, 5) is 19.5. The van der Waals surface area contributed by atoms with Crippen molar-refractivity contribution >= 4 is 11.9 Å². The number of aromatic nitrogens is 4. The van der Waals surface area contributed by atoms with Crippen molar-refractivity contribution in [1.29, 1.82) is 0 Å². The molecule has 7 heteroatoms. The first-order valence-corrected chi connectivity index (χ1v) is 7.94. The van der Waals surface area contributed by atoms with Gasteiger partial charge in [-0.05, 0) is 25.0 Å². The molecule has 4 heterocycles. The largest absolute Gasteiger partial charge is 0.371 e. The Morgan fingerprint density at radius 1 is 1.22 bits per heavy atom. The van der Waals surface area contributed by atoms with Gasteiger partial charge in [-0.25, -0.2) is 19.9 Å². The number of ether oxygens (including phenoxy) is 1. The van der Waals surface area contributed by atoms with Crippen LogP contribution in [-0.4, -0.2) is 51.3 Å². The summed E-state index contributed by atoms with van der Waals surface area (Å²) in [6, 6.07) is 2.06. The third kappa shape index (κ3) is 2.96. The minimum Gasteiger partial charge on any atom is -0.371 e. The van der Waals surface area contributed by atoms with E-state index in [1.54, 1.807) is 12.4 Å². The van der Waals surface area contributed by atoms with E-state index in [1.165, 1.54) is 0 Å². The van der Waals surface area contributed by atoms with E-state index >= 15 is 0 Å². The van der Waals surface area contributed by atoms with Gasteiger partial charge in [0.15, 0.2) is 0 Å². The van der Waals surface area contributed by atoms with E-state index < -0.39 is 0 Å². The molecule has 2 fully saturated rings. The van der Waals surface area contributed by atoms with Gasteiger partial charge in [-0.2, -0.15) is 0 Å². The van der Waals surface area contributed by atoms with Gasteiger partial charge in [0.25, 0.3) is 0 Å². The molecule has 0 saturated carbocycles. The van der Waals surface area contributed by atoms with Gasteiger partial charge in [0, 0.05) is 37.8 Å². The summed E-state index contributed by atoms with van der Waals surface area (Å²) in [7, 11) is 0. The molecule has 0 aromatic carbocycles. The van der Waals surface area contributed by atoms with Gasteiger partial charge in [-0.1, -0.05) is 0 Å². The minimum atomic E-state index is -0.110. The number of nitrogens with zero attached hydrogens (tertiary/aromatic N) is 5. The lowest BCUT2D eigenvalue weighted by Gasteiger charge is -2.23. The van der Waals surface area contributed by atoms with Crippen LogP contribution >= 0.6 is 0 Å². The molecule has 2 aliphatic rings. The normalized spacial score (nSPS) is 26.8. The minimum absolute atomic E-state index is 0.110. The molecule has 0 amide bonds. The maximum Gasteiger partial charge on any atom is 0.225 e. The van der Waals surface area contributed by atoms with E-state index in [0.717, 1.165) is 37.4 Å². The molecule has 2 atom stereocenters. The molecule has 23 heavy (non-hydrogen) atoms. The summed E-state index contributed by atoms with van der Waals surface area (Å²) in [6.07, 6.45) is 9.16. The van der Waals surface area contributed by atoms with Crippen LogP contribution in [0.5, 0.6) is 0 Å². The van der Waals surface area contributed by atoms with Crippen molar-refractivity contribution in [1.82, 2.24) is 19.9 Å². The molecule has 2 aromatic rings. The Balaban J connectivity index is 1.40. The highest BCUT2D eigenvalue weighted by Crippen LogP contribution is 2.36. The molecule has 7 nitrogen and oxygen atoms in total. The van der Waals surface area contributed by atoms with Crippen LogP contribution in [0.25, 0.3) is 0 Å². The highest BCUT2D eigenvalue weighted by atomic mass is 16.5. The van der Waals surface area contributed by atoms with Gasteiger partial charge >= 0.3 is 0 Å². The van der Waals surface area contributed by atoms with E-state index in [-0.39, 0.29) is 11.6 Å². The third-order valence-electron chi connectivity index (χ3n) is 4.47. The third-order valence-corrected chi connectivity index (χ3v) is 4.47. The maximum atomic E-state index is 6.15. The Kier molecular flexibility index (Phi) is 3.57. The van der Waals surface area contributed by atoms with Gasteiger partial charge < -0.3 is 15.0 Å². The van der Waals surface area contributed by atoms with Crippen molar-refractivity contribution in [2.45, 2.75) is 31.4 Å². The summed E-state index contributed by atoms with van der Waals surface area (Å²) < 4.78 is 6.15. The lowest BCUT2D eigenvalue weighted by atomic mass is 9.97. The molecular weight excluding hydrogens is 292 g/mol. The van der Waals surface area contributed by atoms with Crippen molar-refractivity contribution in [3.05, 3.63) is 36.4 Å². The molecule has 0 radical (unpaired) electrons. The number of hydrogen-bond donors (Lipinski definition) is 1. The van der Waals surface area contributed by atoms with Crippen molar-refractivity contribution < 1.29 is 4.74 Å². The van der Waals surface area contributed by atoms with Gasteiger partial charge in [-0.3, -0.25) is 0 Å². The standard InChI is InChI=1S/C16H20N6O/c1-12-8-19-15(20-9-12)22-6-3-16(11-22)7-13(10-23-16)21-14-17-4-2-5-18-14/h2,4-5,8-9,13H,3,6-7,10-11H2,1H3,(H,17,18,21)/t13-,16+/m0/s1. The van der Waals surface area contributed by atoms with Crippen molar-refractivity contribution in [2.24, 2.45) is 0 Å². The van der Waals surface area contributed by atoms with Crippen molar-refractivity contribution in [3.8, 4) is 0 Å². The molecule has 2 aromatic heterocycles. The first-order chi connectivity index (χ1) is 11.2. The summed E-state index contributed by atoms with van der Waals surface area (Å²) in [5.41, 5.74) is 0.965. The van der Waals surface area contributed by atoms with Crippen LogP contribution in [0, 0.1) is 6.92 Å². The predicted molar refractivity (Wildman–Crippen MR) is 86.3 cm³/mol. The monoisotopic (exact) mass is 312 g/mol. The predicted octanol–water partition coefficient (Wildman–Crippen LogP) is 1.42. The van der Waals surface area contributed by atoms with Gasteiger partial charge in [0.2, 0.25) is 11.9 Å². The van der Waals surface area contributed by atoms with E-state index in [4.69, 9.17) is 4.74 Å². The van der Waals surface area contributed by atoms with Gasteiger partial charge in [0.05, 0.1) is 24.8 Å². The first-order valence-electron chi connectivity index (χ1n) is 7.94. The van der Waals surface area contributed by atoms with Crippen LogP contribution < -0.4 is 10.2 Å². The molecule has 2 aliphatic heterocycles. The lowest BCUT2D eigenvalue weighted by Crippen LogP contribution is -2.34. The fourth-order valence-corrected chi connectivity index (χ4v) is 3.34. The van der Waals surface area contributed by atoms with Crippen LogP contribution in [-0.2, 0) is 4.74 Å². The molecular formula is C16H20N6O. The fraction of sp³-hybridized carbons (Fsp3) is 0.500. The van der Waals surface area contributed by atoms with Crippen LogP contribution in [0.15, 0.2) is 30.9 Å². The van der Waals surface area contributed by atoms with Crippen LogP contribution in [0.1, 0.15) is 18.4 Å². The van der Waals surface area contributed by atoms with E-state index in [1.807, 2.05) is 25.4 Å². The van der Waals surface area contributed by atoms with Crippen molar-refractivity contribution in [2.75, 3.05) is 29.9 Å². The zero-order valence-electron chi connectivity index (χ0n) is 13.1. The SMILES string of the molecule is Cc1cnc(N2CC[C@@]3(C[C@H](Nc4ncccn4)CO3)C2)nc1. The fourth-order valence-electron chi connectivity index (χ4n) is 3.34. The van der Waals surface area contributed by atoms with Crippen LogP contribution in [0.3, 0.4) is 0 Å². The van der Waals surface area contributed by atoms with Crippen LogP contribution in [0.4, 0.5) is 11.9 Å². The zero-order chi connectivity index (χ0) is 15.7. The maximum absolute atomic E-state index is 6.15. The number of nitrogens with one attached hydrogen (secondary N) is 1. The second-order valence-electron chi connectivity index (χ2n) is 6.34. The summed E-state index contributed by atoms with van der Waals surface area (Å²) in [5.74, 6) is 1.45. The zero-order valence-corrected chi connectivity index (χ0v) is 13.1. The average molecular weight is 312 g/mol. The molecule has 120 valence electrons. The number of hydrogen-bond acceptors (Lipinski definition) is 7. The number of rotatable bonds is 3. The molecule has 0 unspecified atom stereocenters. The summed E-state index contributed by atoms with van der Waals surface area (Å²) in [6.45, 7) is 4.44. The Bertz CT molecular complexity index is 664. The quantitative estimate of drug-likeness (QED) is 0.918. The van der Waals surface area contributed by atoms with Gasteiger partial charge in [-0.15, -0.1) is 0 Å². The van der Waals surface area contributed by atoms with Gasteiger partial charge in [0.1, 0.15) is 0 Å². The number of aryl methyl sites for hydroxylation is 1. The molecule has 0 aliphatic carbocycles. The Hall–Kier alpha value is -2.28. The van der Waals surface area contributed by atoms with Crippen LogP contribution in [0.2, 0.25) is 0 Å². The average Bonchev–Trinajstić information content (AvgIpc) is 3.16. The Labute approximate surface area is 135 Å². The van der Waals surface area contributed by atoms with E-state index in [2.05, 4.69) is 30.2 Å². The van der Waals surface area contributed by atoms with E-state index in [9.17, 15) is 0 Å². The lowest BCUT2D eigenvalue weighted by molar-refractivity contribution is 0.0228. The molecule has 1 spiro atoms. The molecule has 1 N–H and O–H groups in total. The molecule has 4 rings (SSSR count). The molecule has 0 bridgehead atoms. The van der Waals surface area contributed by atoms with E-state index in [0.29, 0.717) is 12.6 Å². The Morgan fingerprint density at radius 3 is 2.78 bits per heavy atom. The highest BCUT2D eigenvalue weighted by molar-refractivity contribution is 5.34. The topological polar surface area (TPSA) is 76.1 Å². The number of anilines is 2. The first kappa shape index (κ1) is 14.3. The van der Waals surface area contributed by atoms with Crippen molar-refractivity contribution in [3.63, 3.8) is 0 Å². The second-order valence-corrected chi connectivity index (χ2v) is 6.34.